The van der Waals surface area contributed by atoms with Crippen molar-refractivity contribution in [3.8, 4) is 0 Å². The fraction of sp³-hybridized carbons (Fsp3) is 0.514. The number of rotatable bonds is 3. The quantitative estimate of drug-likeness (QED) is 0.381. The molecule has 0 unspecified atom stereocenters. The molecular weight excluding hydrogens is 612 g/mol. The third-order valence-electron chi connectivity index (χ3n) is 10.1. The van der Waals surface area contributed by atoms with Gasteiger partial charge in [0, 0.05) is 68.8 Å². The van der Waals surface area contributed by atoms with Crippen molar-refractivity contribution < 1.29 is 23.9 Å². The van der Waals surface area contributed by atoms with E-state index >= 15 is 0 Å². The maximum absolute atomic E-state index is 14.3. The van der Waals surface area contributed by atoms with Gasteiger partial charge in [-0.15, -0.1) is 0 Å². The smallest absolute Gasteiger partial charge is 0.410 e. The van der Waals surface area contributed by atoms with Crippen molar-refractivity contribution in [3.05, 3.63) is 59.3 Å². The number of ether oxygens (including phenoxy) is 1. The monoisotopic (exact) mass is 656 g/mol. The molecule has 13 nitrogen and oxygen atoms in total. The number of H-pyrrole nitrogens is 1. The molecule has 0 radical (unpaired) electrons. The van der Waals surface area contributed by atoms with E-state index in [1.54, 1.807) is 16.0 Å². The molecule has 2 aromatic carbocycles. The van der Waals surface area contributed by atoms with E-state index < -0.39 is 11.6 Å². The number of fused-ring (bicyclic) bond motifs is 4. The molecule has 1 aromatic heterocycles. The molecule has 5 heterocycles. The zero-order chi connectivity index (χ0) is 33.6. The van der Waals surface area contributed by atoms with Gasteiger partial charge < -0.3 is 35.0 Å². The number of urea groups is 2. The van der Waals surface area contributed by atoms with Crippen LogP contribution in [0.3, 0.4) is 0 Å². The molecule has 254 valence electrons. The van der Waals surface area contributed by atoms with Crippen LogP contribution in [0.1, 0.15) is 63.1 Å². The Morgan fingerprint density at radius 1 is 0.875 bits per heavy atom. The molecule has 0 aliphatic carbocycles. The number of hydrogen-bond donors (Lipinski definition) is 3. The lowest BCUT2D eigenvalue weighted by molar-refractivity contribution is -0.136. The maximum Gasteiger partial charge on any atom is 0.410 e. The van der Waals surface area contributed by atoms with Gasteiger partial charge in [-0.1, -0.05) is 24.3 Å². The van der Waals surface area contributed by atoms with Crippen LogP contribution in [0.2, 0.25) is 0 Å². The molecule has 6 amide bonds. The lowest BCUT2D eigenvalue weighted by Gasteiger charge is -2.41. The van der Waals surface area contributed by atoms with E-state index in [0.29, 0.717) is 71.4 Å². The Labute approximate surface area is 279 Å². The molecule has 1 atom stereocenters. The maximum atomic E-state index is 14.3. The Morgan fingerprint density at radius 3 is 2.29 bits per heavy atom. The highest BCUT2D eigenvalue weighted by Crippen LogP contribution is 2.31. The number of carbonyl (C=O) groups is 4. The number of aromatic nitrogens is 2. The largest absolute Gasteiger partial charge is 0.444 e. The highest BCUT2D eigenvalue weighted by atomic mass is 16.6. The molecule has 48 heavy (non-hydrogen) atoms. The summed E-state index contributed by atoms with van der Waals surface area (Å²) in [5.74, 6) is -0.120. The highest BCUT2D eigenvalue weighted by molar-refractivity contribution is 5.93. The van der Waals surface area contributed by atoms with Gasteiger partial charge in [-0.25, -0.2) is 14.4 Å². The number of hydrogen-bond acceptors (Lipinski definition) is 6. The van der Waals surface area contributed by atoms with Gasteiger partial charge in [0.2, 0.25) is 5.91 Å². The number of likely N-dealkylation sites (tertiary alicyclic amines) is 2. The first-order valence-electron chi connectivity index (χ1n) is 17.0. The topological polar surface area (TPSA) is 143 Å². The van der Waals surface area contributed by atoms with Crippen molar-refractivity contribution in [3.63, 3.8) is 0 Å². The van der Waals surface area contributed by atoms with Crippen LogP contribution < -0.4 is 10.6 Å². The molecule has 0 saturated carbocycles. The van der Waals surface area contributed by atoms with E-state index in [4.69, 9.17) is 4.74 Å². The summed E-state index contributed by atoms with van der Waals surface area (Å²) in [4.78, 5) is 60.9. The second-order valence-corrected chi connectivity index (χ2v) is 14.3. The van der Waals surface area contributed by atoms with Crippen LogP contribution >= 0.6 is 0 Å². The van der Waals surface area contributed by atoms with Gasteiger partial charge in [0.15, 0.2) is 0 Å². The SMILES string of the molecule is CC(C)(C)OC(=O)N1CCC(N2Cc3c(ccc4[nH]ncc34)C[C@@H](NC(=O)N3CCC(N4Cc5ccccc5NC4=O)CC3)C2=O)CC1. The molecule has 2 fully saturated rings. The van der Waals surface area contributed by atoms with Gasteiger partial charge in [-0.2, -0.15) is 5.10 Å². The summed E-state index contributed by atoms with van der Waals surface area (Å²) < 4.78 is 5.59. The molecule has 0 spiro atoms. The lowest BCUT2D eigenvalue weighted by Crippen LogP contribution is -2.57. The summed E-state index contributed by atoms with van der Waals surface area (Å²) in [5, 5.41) is 14.3. The Balaban J connectivity index is 1.04. The van der Waals surface area contributed by atoms with Crippen LogP contribution in [-0.2, 0) is 29.0 Å². The van der Waals surface area contributed by atoms with Crippen molar-refractivity contribution in [1.29, 1.82) is 0 Å². The normalized spacial score (nSPS) is 21.0. The van der Waals surface area contributed by atoms with E-state index in [2.05, 4.69) is 20.8 Å². The number of benzene rings is 2. The molecule has 7 rings (SSSR count). The van der Waals surface area contributed by atoms with E-state index in [1.165, 1.54) is 0 Å². The second kappa shape index (κ2) is 12.7. The summed E-state index contributed by atoms with van der Waals surface area (Å²) in [6.45, 7) is 8.45. The molecule has 3 N–H and O–H groups in total. The van der Waals surface area contributed by atoms with Crippen LogP contribution in [0.5, 0.6) is 0 Å². The van der Waals surface area contributed by atoms with Crippen LogP contribution in [-0.4, -0.2) is 104 Å². The Hall–Kier alpha value is -4.81. The average Bonchev–Trinajstić information content (AvgIpc) is 3.50. The summed E-state index contributed by atoms with van der Waals surface area (Å²) in [6.07, 6.45) is 4.38. The first kappa shape index (κ1) is 31.8. The summed E-state index contributed by atoms with van der Waals surface area (Å²) >= 11 is 0. The fourth-order valence-electron chi connectivity index (χ4n) is 7.50. The third-order valence-corrected chi connectivity index (χ3v) is 10.1. The molecule has 13 heteroatoms. The van der Waals surface area contributed by atoms with E-state index in [1.807, 2.05) is 67.0 Å². The molecule has 0 bridgehead atoms. The standard InChI is InChI=1S/C35H44N8O5/c1-35(2,3)48-34(47)41-16-12-24(13-17-41)42-21-27-22(8-9-29-26(27)19-36-39-29)18-30(31(42)44)38-32(45)40-14-10-25(11-15-40)43-20-23-6-4-5-7-28(23)37-33(43)46/h4-9,19,24-25,30H,10-18,20-21H2,1-3H3,(H,36,39)(H,37,46)(H,38,45)/t30-/m1/s1. The summed E-state index contributed by atoms with van der Waals surface area (Å²) in [7, 11) is 0. The minimum absolute atomic E-state index is 0.0215. The Morgan fingerprint density at radius 2 is 1.56 bits per heavy atom. The van der Waals surface area contributed by atoms with Crippen LogP contribution in [0.4, 0.5) is 20.1 Å². The number of piperidine rings is 2. The van der Waals surface area contributed by atoms with Gasteiger partial charge >= 0.3 is 18.2 Å². The zero-order valence-electron chi connectivity index (χ0n) is 27.8. The van der Waals surface area contributed by atoms with E-state index in [9.17, 15) is 19.2 Å². The number of aromatic amines is 1. The predicted octanol–water partition coefficient (Wildman–Crippen LogP) is 4.44. The van der Waals surface area contributed by atoms with E-state index in [-0.39, 0.29) is 36.1 Å². The van der Waals surface area contributed by atoms with Gasteiger partial charge in [0.25, 0.3) is 0 Å². The lowest BCUT2D eigenvalue weighted by atomic mass is 9.98. The number of amides is 6. The second-order valence-electron chi connectivity index (χ2n) is 14.3. The molecule has 2 saturated heterocycles. The molecule has 4 aliphatic rings. The minimum atomic E-state index is -0.742. The molecule has 4 aliphatic heterocycles. The number of nitrogens with zero attached hydrogens (tertiary/aromatic N) is 5. The van der Waals surface area contributed by atoms with Crippen molar-refractivity contribution >= 4 is 40.7 Å². The fourth-order valence-corrected chi connectivity index (χ4v) is 7.50. The first-order chi connectivity index (χ1) is 23.0. The van der Waals surface area contributed by atoms with Gasteiger partial charge in [-0.3, -0.25) is 9.89 Å². The van der Waals surface area contributed by atoms with Crippen molar-refractivity contribution in [2.24, 2.45) is 0 Å². The summed E-state index contributed by atoms with van der Waals surface area (Å²) in [6, 6.07) is 10.6. The number of para-hydroxylation sites is 1. The zero-order valence-corrected chi connectivity index (χ0v) is 27.8. The first-order valence-corrected chi connectivity index (χ1v) is 17.0. The average molecular weight is 657 g/mol. The molecular formula is C35H44N8O5. The number of carbonyl (C=O) groups excluding carboxylic acids is 4. The van der Waals surface area contributed by atoms with Crippen LogP contribution in [0.15, 0.2) is 42.6 Å². The van der Waals surface area contributed by atoms with Gasteiger partial charge in [0.05, 0.1) is 11.7 Å². The van der Waals surface area contributed by atoms with Crippen molar-refractivity contribution in [2.75, 3.05) is 31.5 Å². The number of nitrogens with one attached hydrogen (secondary N) is 3. The van der Waals surface area contributed by atoms with Gasteiger partial charge in [-0.05, 0) is 75.3 Å². The predicted molar refractivity (Wildman–Crippen MR) is 179 cm³/mol. The minimum Gasteiger partial charge on any atom is -0.444 e. The summed E-state index contributed by atoms with van der Waals surface area (Å²) in [5.41, 5.74) is 4.29. The highest BCUT2D eigenvalue weighted by Gasteiger charge is 2.39. The van der Waals surface area contributed by atoms with Crippen LogP contribution in [0.25, 0.3) is 10.9 Å². The third kappa shape index (κ3) is 6.37. The Bertz CT molecular complexity index is 1720. The number of anilines is 1. The van der Waals surface area contributed by atoms with E-state index in [0.717, 1.165) is 33.3 Å². The molecule has 3 aromatic rings. The van der Waals surface area contributed by atoms with Gasteiger partial charge in [0.1, 0.15) is 11.6 Å². The van der Waals surface area contributed by atoms with Crippen LogP contribution in [0, 0.1) is 0 Å². The van der Waals surface area contributed by atoms with Crippen molar-refractivity contribution in [2.45, 2.75) is 89.7 Å². The van der Waals surface area contributed by atoms with Crippen molar-refractivity contribution in [1.82, 2.24) is 35.1 Å². The Kier molecular flexibility index (Phi) is 8.38.